The fourth-order valence-electron chi connectivity index (χ4n) is 1.83. The summed E-state index contributed by atoms with van der Waals surface area (Å²) in [5.74, 6) is 1.65. The Balaban J connectivity index is 2.59. The first-order chi connectivity index (χ1) is 9.55. The van der Waals surface area contributed by atoms with Gasteiger partial charge in [0.25, 0.3) is 5.56 Å². The molecule has 0 saturated heterocycles. The van der Waals surface area contributed by atoms with E-state index in [4.69, 9.17) is 15.2 Å². The first-order valence-electron chi connectivity index (χ1n) is 6.14. The molecule has 0 spiro atoms. The molecule has 1 atom stereocenters. The third-order valence-electron chi connectivity index (χ3n) is 2.89. The van der Waals surface area contributed by atoms with Crippen LogP contribution in [0.3, 0.4) is 0 Å². The van der Waals surface area contributed by atoms with Crippen molar-refractivity contribution in [3.63, 3.8) is 0 Å². The van der Waals surface area contributed by atoms with Crippen LogP contribution in [0.4, 0.5) is 0 Å². The Bertz CT molecular complexity index is 665. The highest BCUT2D eigenvalue weighted by Gasteiger charge is 2.12. The van der Waals surface area contributed by atoms with E-state index in [-0.39, 0.29) is 11.6 Å². The summed E-state index contributed by atoms with van der Waals surface area (Å²) in [6, 6.07) is 6.36. The van der Waals surface area contributed by atoms with E-state index in [9.17, 15) is 4.79 Å². The molecule has 6 nitrogen and oxygen atoms in total. The van der Waals surface area contributed by atoms with Gasteiger partial charge in [0.2, 0.25) is 0 Å². The molecule has 0 amide bonds. The molecule has 1 heterocycles. The van der Waals surface area contributed by atoms with Crippen LogP contribution in [0.25, 0.3) is 11.4 Å². The number of benzene rings is 1. The highest BCUT2D eigenvalue weighted by atomic mass is 16.5. The fraction of sp³-hybridized carbons (Fsp3) is 0.286. The molecule has 1 aromatic heterocycles. The zero-order valence-corrected chi connectivity index (χ0v) is 11.6. The summed E-state index contributed by atoms with van der Waals surface area (Å²) in [6.45, 7) is 1.77. The zero-order chi connectivity index (χ0) is 14.7. The number of H-pyrrole nitrogens is 1. The van der Waals surface area contributed by atoms with Crippen LogP contribution in [0.2, 0.25) is 0 Å². The van der Waals surface area contributed by atoms with Crippen LogP contribution in [0.15, 0.2) is 29.1 Å². The Morgan fingerprint density at radius 1 is 1.25 bits per heavy atom. The predicted molar refractivity (Wildman–Crippen MR) is 76.0 cm³/mol. The molecule has 6 heteroatoms. The first-order valence-corrected chi connectivity index (χ1v) is 6.14. The van der Waals surface area contributed by atoms with Gasteiger partial charge in [-0.05, 0) is 19.1 Å². The molecular formula is C14H17N3O3. The SMILES string of the molecule is COc1ccc(-c2nc(C(C)N)cc(=O)[nH]2)c(OC)c1. The van der Waals surface area contributed by atoms with Crippen molar-refractivity contribution >= 4 is 0 Å². The molecule has 2 aromatic rings. The van der Waals surface area contributed by atoms with E-state index in [2.05, 4.69) is 9.97 Å². The number of rotatable bonds is 4. The molecule has 20 heavy (non-hydrogen) atoms. The zero-order valence-electron chi connectivity index (χ0n) is 11.6. The van der Waals surface area contributed by atoms with Gasteiger partial charge >= 0.3 is 0 Å². The quantitative estimate of drug-likeness (QED) is 0.882. The van der Waals surface area contributed by atoms with Gasteiger partial charge < -0.3 is 20.2 Å². The van der Waals surface area contributed by atoms with Crippen LogP contribution in [0, 0.1) is 0 Å². The third kappa shape index (κ3) is 2.80. The second-order valence-electron chi connectivity index (χ2n) is 4.37. The minimum Gasteiger partial charge on any atom is -0.497 e. The second-order valence-corrected chi connectivity index (χ2v) is 4.37. The monoisotopic (exact) mass is 275 g/mol. The number of nitrogens with zero attached hydrogens (tertiary/aromatic N) is 1. The molecule has 0 aliphatic carbocycles. The first kappa shape index (κ1) is 14.1. The lowest BCUT2D eigenvalue weighted by Crippen LogP contribution is -2.16. The third-order valence-corrected chi connectivity index (χ3v) is 2.89. The number of methoxy groups -OCH3 is 2. The molecule has 0 bridgehead atoms. The Morgan fingerprint density at radius 2 is 2.00 bits per heavy atom. The van der Waals surface area contributed by atoms with E-state index in [1.54, 1.807) is 39.3 Å². The average molecular weight is 275 g/mol. The van der Waals surface area contributed by atoms with Crippen molar-refractivity contribution < 1.29 is 9.47 Å². The molecule has 2 rings (SSSR count). The lowest BCUT2D eigenvalue weighted by molar-refractivity contribution is 0.395. The van der Waals surface area contributed by atoms with E-state index < -0.39 is 0 Å². The summed E-state index contributed by atoms with van der Waals surface area (Å²) in [6.07, 6.45) is 0. The van der Waals surface area contributed by atoms with Gasteiger partial charge in [-0.3, -0.25) is 4.79 Å². The minimum atomic E-state index is -0.319. The lowest BCUT2D eigenvalue weighted by atomic mass is 10.1. The van der Waals surface area contributed by atoms with Gasteiger partial charge in [0.1, 0.15) is 17.3 Å². The van der Waals surface area contributed by atoms with E-state index in [0.717, 1.165) is 0 Å². The number of hydrogen-bond donors (Lipinski definition) is 2. The number of ether oxygens (including phenoxy) is 2. The Kier molecular flexibility index (Phi) is 4.05. The van der Waals surface area contributed by atoms with Gasteiger partial charge in [0.15, 0.2) is 0 Å². The predicted octanol–water partition coefficient (Wildman–Crippen LogP) is 1.47. The van der Waals surface area contributed by atoms with E-state index in [1.807, 2.05) is 0 Å². The summed E-state index contributed by atoms with van der Waals surface area (Å²) < 4.78 is 10.5. The Morgan fingerprint density at radius 3 is 2.60 bits per heavy atom. The standard InChI is InChI=1S/C14H17N3O3/c1-8(15)11-7-13(18)17-14(16-11)10-5-4-9(19-2)6-12(10)20-3/h4-8H,15H2,1-3H3,(H,16,17,18). The maximum absolute atomic E-state index is 11.7. The summed E-state index contributed by atoms with van der Waals surface area (Å²) >= 11 is 0. The summed E-state index contributed by atoms with van der Waals surface area (Å²) in [7, 11) is 3.12. The average Bonchev–Trinajstić information content (AvgIpc) is 2.45. The molecule has 0 aliphatic heterocycles. The molecule has 0 saturated carbocycles. The minimum absolute atomic E-state index is 0.250. The van der Waals surface area contributed by atoms with Crippen LogP contribution < -0.4 is 20.8 Å². The van der Waals surface area contributed by atoms with Crippen molar-refractivity contribution in [3.8, 4) is 22.9 Å². The van der Waals surface area contributed by atoms with Gasteiger partial charge in [0.05, 0.1) is 25.5 Å². The molecule has 1 aromatic carbocycles. The van der Waals surface area contributed by atoms with Gasteiger partial charge in [-0.15, -0.1) is 0 Å². The van der Waals surface area contributed by atoms with E-state index in [1.165, 1.54) is 6.07 Å². The number of nitrogens with two attached hydrogens (primary N) is 1. The fourth-order valence-corrected chi connectivity index (χ4v) is 1.83. The van der Waals surface area contributed by atoms with Crippen LogP contribution >= 0.6 is 0 Å². The van der Waals surface area contributed by atoms with Crippen molar-refractivity contribution in [3.05, 3.63) is 40.3 Å². The van der Waals surface area contributed by atoms with Crippen LogP contribution in [-0.4, -0.2) is 24.2 Å². The molecule has 3 N–H and O–H groups in total. The molecule has 1 unspecified atom stereocenters. The Labute approximate surface area is 116 Å². The summed E-state index contributed by atoms with van der Waals surface area (Å²) in [5.41, 5.74) is 6.73. The maximum Gasteiger partial charge on any atom is 0.251 e. The number of aromatic amines is 1. The smallest absolute Gasteiger partial charge is 0.251 e. The molecule has 106 valence electrons. The van der Waals surface area contributed by atoms with Gasteiger partial charge in [-0.1, -0.05) is 0 Å². The van der Waals surface area contributed by atoms with Crippen molar-refractivity contribution in [1.82, 2.24) is 9.97 Å². The second kappa shape index (κ2) is 5.75. The normalized spacial score (nSPS) is 12.0. The van der Waals surface area contributed by atoms with Gasteiger partial charge in [0, 0.05) is 18.2 Å². The van der Waals surface area contributed by atoms with Gasteiger partial charge in [-0.25, -0.2) is 4.98 Å². The van der Waals surface area contributed by atoms with Crippen LogP contribution in [0.1, 0.15) is 18.7 Å². The molecule has 0 aliphatic rings. The Hall–Kier alpha value is -2.34. The van der Waals surface area contributed by atoms with Crippen LogP contribution in [0.5, 0.6) is 11.5 Å². The molecular weight excluding hydrogens is 258 g/mol. The van der Waals surface area contributed by atoms with E-state index in [0.29, 0.717) is 28.6 Å². The van der Waals surface area contributed by atoms with Crippen molar-refractivity contribution in [2.75, 3.05) is 14.2 Å². The highest BCUT2D eigenvalue weighted by molar-refractivity contribution is 5.65. The van der Waals surface area contributed by atoms with Crippen molar-refractivity contribution in [2.45, 2.75) is 13.0 Å². The summed E-state index contributed by atoms with van der Waals surface area (Å²) in [4.78, 5) is 18.7. The number of hydrogen-bond acceptors (Lipinski definition) is 5. The largest absolute Gasteiger partial charge is 0.497 e. The topological polar surface area (TPSA) is 90.2 Å². The maximum atomic E-state index is 11.7. The summed E-state index contributed by atoms with van der Waals surface area (Å²) in [5, 5.41) is 0. The van der Waals surface area contributed by atoms with Crippen molar-refractivity contribution in [2.24, 2.45) is 5.73 Å². The lowest BCUT2D eigenvalue weighted by Gasteiger charge is -2.11. The van der Waals surface area contributed by atoms with Crippen molar-refractivity contribution in [1.29, 1.82) is 0 Å². The molecule has 0 fully saturated rings. The van der Waals surface area contributed by atoms with Gasteiger partial charge in [-0.2, -0.15) is 0 Å². The number of aromatic nitrogens is 2. The highest BCUT2D eigenvalue weighted by Crippen LogP contribution is 2.31. The molecule has 0 radical (unpaired) electrons. The van der Waals surface area contributed by atoms with Crippen LogP contribution in [-0.2, 0) is 0 Å². The van der Waals surface area contributed by atoms with E-state index >= 15 is 0 Å². The number of nitrogens with one attached hydrogen (secondary N) is 1.